The van der Waals surface area contributed by atoms with Crippen molar-refractivity contribution in [1.82, 2.24) is 10.2 Å². The second kappa shape index (κ2) is 4.14. The highest BCUT2D eigenvalue weighted by molar-refractivity contribution is 9.11. The van der Waals surface area contributed by atoms with Gasteiger partial charge < -0.3 is 4.74 Å². The number of halogens is 1. The molecule has 0 aliphatic heterocycles. The van der Waals surface area contributed by atoms with Gasteiger partial charge in [-0.25, -0.2) is 0 Å². The van der Waals surface area contributed by atoms with E-state index in [0.29, 0.717) is 6.10 Å². The normalized spacial score (nSPS) is 15.1. The Morgan fingerprint density at radius 3 is 2.50 bits per heavy atom. The Morgan fingerprint density at radius 1 is 1.19 bits per heavy atom. The minimum atomic E-state index is 0.446. The van der Waals surface area contributed by atoms with Crippen LogP contribution in [-0.2, 0) is 0 Å². The van der Waals surface area contributed by atoms with Gasteiger partial charge in [-0.3, -0.25) is 0 Å². The molecule has 0 unspecified atom stereocenters. The van der Waals surface area contributed by atoms with Crippen LogP contribution in [-0.4, -0.2) is 16.3 Å². The monoisotopic (exact) mass is 296 g/mol. The van der Waals surface area contributed by atoms with Crippen LogP contribution in [0.25, 0.3) is 10.6 Å². The van der Waals surface area contributed by atoms with Gasteiger partial charge in [0, 0.05) is 5.56 Å². The molecule has 1 aromatic heterocycles. The lowest BCUT2D eigenvalue weighted by Crippen LogP contribution is -1.95. The molecule has 1 aliphatic rings. The molecule has 2 aromatic rings. The summed E-state index contributed by atoms with van der Waals surface area (Å²) in [6.07, 6.45) is 2.82. The van der Waals surface area contributed by atoms with Gasteiger partial charge in [-0.15, -0.1) is 10.2 Å². The molecule has 1 saturated carbocycles. The average Bonchev–Trinajstić information content (AvgIpc) is 3.00. The summed E-state index contributed by atoms with van der Waals surface area (Å²) in [4.78, 5) is 0. The maximum absolute atomic E-state index is 5.68. The summed E-state index contributed by atoms with van der Waals surface area (Å²) in [5.74, 6) is 0.940. The van der Waals surface area contributed by atoms with E-state index in [1.807, 2.05) is 24.3 Å². The van der Waals surface area contributed by atoms with Crippen molar-refractivity contribution in [3.8, 4) is 16.3 Å². The molecule has 1 heterocycles. The third kappa shape index (κ3) is 2.25. The zero-order chi connectivity index (χ0) is 11.0. The fourth-order valence-electron chi connectivity index (χ4n) is 1.38. The minimum absolute atomic E-state index is 0.446. The van der Waals surface area contributed by atoms with Crippen LogP contribution in [0.3, 0.4) is 0 Å². The van der Waals surface area contributed by atoms with Crippen LogP contribution in [0.5, 0.6) is 5.75 Å². The maximum Gasteiger partial charge on any atom is 0.183 e. The van der Waals surface area contributed by atoms with Crippen molar-refractivity contribution < 1.29 is 4.74 Å². The van der Waals surface area contributed by atoms with Gasteiger partial charge in [0.05, 0.1) is 6.10 Å². The SMILES string of the molecule is Brc1nnc(-c2ccc(OC3CC3)cc2)s1. The van der Waals surface area contributed by atoms with Crippen molar-refractivity contribution >= 4 is 27.3 Å². The average molecular weight is 297 g/mol. The Bertz CT molecular complexity index is 493. The van der Waals surface area contributed by atoms with Gasteiger partial charge in [0.2, 0.25) is 0 Å². The molecule has 0 saturated heterocycles. The van der Waals surface area contributed by atoms with E-state index in [1.165, 1.54) is 24.2 Å². The van der Waals surface area contributed by atoms with Crippen LogP contribution < -0.4 is 4.74 Å². The molecule has 1 aromatic carbocycles. The molecule has 0 atom stereocenters. The molecule has 16 heavy (non-hydrogen) atoms. The van der Waals surface area contributed by atoms with Crippen molar-refractivity contribution in [1.29, 1.82) is 0 Å². The lowest BCUT2D eigenvalue weighted by molar-refractivity contribution is 0.303. The fraction of sp³-hybridized carbons (Fsp3) is 0.273. The molecular formula is C11H9BrN2OS. The summed E-state index contributed by atoms with van der Waals surface area (Å²) in [6, 6.07) is 8.02. The molecule has 1 fully saturated rings. The third-order valence-corrected chi connectivity index (χ3v) is 3.73. The Hall–Kier alpha value is -0.940. The maximum atomic E-state index is 5.68. The number of hydrogen-bond acceptors (Lipinski definition) is 4. The van der Waals surface area contributed by atoms with E-state index in [9.17, 15) is 0 Å². The first-order valence-corrected chi connectivity index (χ1v) is 6.68. The van der Waals surface area contributed by atoms with E-state index >= 15 is 0 Å². The molecule has 0 bridgehead atoms. The van der Waals surface area contributed by atoms with Crippen molar-refractivity contribution in [2.24, 2.45) is 0 Å². The van der Waals surface area contributed by atoms with Crippen molar-refractivity contribution in [3.63, 3.8) is 0 Å². The van der Waals surface area contributed by atoms with Crippen LogP contribution in [0.1, 0.15) is 12.8 Å². The van der Waals surface area contributed by atoms with E-state index < -0.39 is 0 Å². The van der Waals surface area contributed by atoms with Gasteiger partial charge in [0.25, 0.3) is 0 Å². The van der Waals surface area contributed by atoms with Crippen LogP contribution in [0, 0.1) is 0 Å². The van der Waals surface area contributed by atoms with Crippen LogP contribution >= 0.6 is 27.3 Å². The molecule has 0 radical (unpaired) electrons. The van der Waals surface area contributed by atoms with E-state index in [1.54, 1.807) is 0 Å². The number of nitrogens with zero attached hydrogens (tertiary/aromatic N) is 2. The molecule has 3 nitrogen and oxygen atoms in total. The van der Waals surface area contributed by atoms with Gasteiger partial charge in [0.15, 0.2) is 3.92 Å². The highest BCUT2D eigenvalue weighted by Crippen LogP contribution is 2.30. The number of ether oxygens (including phenoxy) is 1. The second-order valence-corrected chi connectivity index (χ2v) is 5.96. The zero-order valence-electron chi connectivity index (χ0n) is 8.39. The first-order valence-electron chi connectivity index (χ1n) is 5.07. The lowest BCUT2D eigenvalue weighted by Gasteiger charge is -2.03. The predicted molar refractivity (Wildman–Crippen MR) is 66.7 cm³/mol. The summed E-state index contributed by atoms with van der Waals surface area (Å²) in [5, 5.41) is 8.92. The van der Waals surface area contributed by atoms with Gasteiger partial charge in [0.1, 0.15) is 10.8 Å². The fourth-order valence-corrected chi connectivity index (χ4v) is 2.49. The summed E-state index contributed by atoms with van der Waals surface area (Å²) < 4.78 is 6.49. The Kier molecular flexibility index (Phi) is 2.65. The predicted octanol–water partition coefficient (Wildman–Crippen LogP) is 3.51. The van der Waals surface area contributed by atoms with E-state index in [2.05, 4.69) is 26.1 Å². The highest BCUT2D eigenvalue weighted by Gasteiger charge is 2.23. The molecule has 0 spiro atoms. The van der Waals surface area contributed by atoms with Crippen molar-refractivity contribution in [3.05, 3.63) is 28.2 Å². The quantitative estimate of drug-likeness (QED) is 0.869. The van der Waals surface area contributed by atoms with Crippen molar-refractivity contribution in [2.45, 2.75) is 18.9 Å². The Labute approximate surface area is 106 Å². The minimum Gasteiger partial charge on any atom is -0.490 e. The van der Waals surface area contributed by atoms with Gasteiger partial charge in [-0.1, -0.05) is 11.3 Å². The number of aromatic nitrogens is 2. The molecule has 0 amide bonds. The van der Waals surface area contributed by atoms with Crippen LogP contribution in [0.15, 0.2) is 28.2 Å². The van der Waals surface area contributed by atoms with E-state index in [-0.39, 0.29) is 0 Å². The van der Waals surface area contributed by atoms with Crippen LogP contribution in [0.4, 0.5) is 0 Å². The van der Waals surface area contributed by atoms with Crippen molar-refractivity contribution in [2.75, 3.05) is 0 Å². The van der Waals surface area contributed by atoms with Gasteiger partial charge >= 0.3 is 0 Å². The Morgan fingerprint density at radius 2 is 1.94 bits per heavy atom. The van der Waals surface area contributed by atoms with Gasteiger partial charge in [-0.05, 0) is 53.0 Å². The summed E-state index contributed by atoms with van der Waals surface area (Å²) in [6.45, 7) is 0. The van der Waals surface area contributed by atoms with Crippen LogP contribution in [0.2, 0.25) is 0 Å². The standard InChI is InChI=1S/C11H9BrN2OS/c12-11-14-13-10(16-11)7-1-3-8(4-2-7)15-9-5-6-9/h1-4,9H,5-6H2. The molecule has 3 rings (SSSR count). The first-order chi connectivity index (χ1) is 7.81. The van der Waals surface area contributed by atoms with E-state index in [0.717, 1.165) is 20.2 Å². The number of rotatable bonds is 3. The topological polar surface area (TPSA) is 35.0 Å². The molecule has 5 heteroatoms. The summed E-state index contributed by atoms with van der Waals surface area (Å²) >= 11 is 4.83. The summed E-state index contributed by atoms with van der Waals surface area (Å²) in [5.41, 5.74) is 1.08. The van der Waals surface area contributed by atoms with E-state index in [4.69, 9.17) is 4.74 Å². The largest absolute Gasteiger partial charge is 0.490 e. The lowest BCUT2D eigenvalue weighted by atomic mass is 10.2. The number of hydrogen-bond donors (Lipinski definition) is 0. The molecular weight excluding hydrogens is 288 g/mol. The second-order valence-electron chi connectivity index (χ2n) is 3.70. The number of benzene rings is 1. The smallest absolute Gasteiger partial charge is 0.183 e. The first kappa shape index (κ1) is 10.2. The third-order valence-electron chi connectivity index (χ3n) is 2.33. The zero-order valence-corrected chi connectivity index (χ0v) is 10.8. The molecule has 1 aliphatic carbocycles. The van der Waals surface area contributed by atoms with Gasteiger partial charge in [-0.2, -0.15) is 0 Å². The summed E-state index contributed by atoms with van der Waals surface area (Å²) in [7, 11) is 0. The molecule has 0 N–H and O–H groups in total. The highest BCUT2D eigenvalue weighted by atomic mass is 79.9. The molecule has 82 valence electrons. The Balaban J connectivity index is 1.80.